The van der Waals surface area contributed by atoms with Crippen LogP contribution in [0, 0.1) is 0 Å². The first kappa shape index (κ1) is 16.0. The van der Waals surface area contributed by atoms with Crippen LogP contribution in [0.4, 0.5) is 11.4 Å². The molecule has 4 heteroatoms. The van der Waals surface area contributed by atoms with Gasteiger partial charge in [0.15, 0.2) is 0 Å². The second kappa shape index (κ2) is 7.06. The van der Waals surface area contributed by atoms with E-state index in [1.165, 1.54) is 5.56 Å². The lowest BCUT2D eigenvalue weighted by Crippen LogP contribution is -2.18. The van der Waals surface area contributed by atoms with Gasteiger partial charge >= 0.3 is 0 Å². The van der Waals surface area contributed by atoms with Gasteiger partial charge in [-0.05, 0) is 49.2 Å². The van der Waals surface area contributed by atoms with E-state index in [0.717, 1.165) is 27.8 Å². The highest BCUT2D eigenvalue weighted by molar-refractivity contribution is 6.33. The van der Waals surface area contributed by atoms with Crippen molar-refractivity contribution in [3.63, 3.8) is 0 Å². The van der Waals surface area contributed by atoms with E-state index < -0.39 is 0 Å². The summed E-state index contributed by atoms with van der Waals surface area (Å²) < 4.78 is 0. The largest absolute Gasteiger partial charge is 0.382 e. The summed E-state index contributed by atoms with van der Waals surface area (Å²) in [5, 5.41) is 5.00. The minimum Gasteiger partial charge on any atom is -0.382 e. The van der Waals surface area contributed by atoms with Crippen molar-refractivity contribution in [1.82, 2.24) is 0 Å². The highest BCUT2D eigenvalue weighted by Crippen LogP contribution is 2.27. The molecule has 0 radical (unpaired) electrons. The molecule has 2 aromatic rings. The van der Waals surface area contributed by atoms with Crippen LogP contribution < -0.4 is 10.2 Å². The van der Waals surface area contributed by atoms with Crippen LogP contribution in [0.1, 0.15) is 12.5 Å². The molecule has 0 aromatic heterocycles. The minimum atomic E-state index is 0.312. The van der Waals surface area contributed by atoms with E-state index in [9.17, 15) is 0 Å². The van der Waals surface area contributed by atoms with Crippen molar-refractivity contribution >= 4 is 34.6 Å². The third kappa shape index (κ3) is 4.55. The molecule has 0 bridgehead atoms. The maximum absolute atomic E-state index is 6.29. The number of anilines is 2. The average molecular weight is 323 g/mol. The number of nitrogens with zero attached hydrogens (tertiary/aromatic N) is 1. The summed E-state index contributed by atoms with van der Waals surface area (Å²) in [6.45, 7) is 2.16. The summed E-state index contributed by atoms with van der Waals surface area (Å²) >= 11 is 12.2. The van der Waals surface area contributed by atoms with Crippen LogP contribution in [0.3, 0.4) is 0 Å². The molecule has 0 spiro atoms. The van der Waals surface area contributed by atoms with Crippen molar-refractivity contribution in [2.75, 3.05) is 24.3 Å². The molecule has 0 fully saturated rings. The number of hydrogen-bond donors (Lipinski definition) is 1. The van der Waals surface area contributed by atoms with E-state index >= 15 is 0 Å². The zero-order valence-electron chi connectivity index (χ0n) is 12.5. The fourth-order valence-corrected chi connectivity index (χ4v) is 2.74. The Hall–Kier alpha value is -1.38. The zero-order chi connectivity index (χ0) is 15.4. The van der Waals surface area contributed by atoms with Crippen LogP contribution in [0.2, 0.25) is 10.0 Å². The monoisotopic (exact) mass is 322 g/mol. The second-order valence-electron chi connectivity index (χ2n) is 5.44. The first-order valence-electron chi connectivity index (χ1n) is 6.93. The molecule has 112 valence electrons. The van der Waals surface area contributed by atoms with E-state index in [-0.39, 0.29) is 0 Å². The van der Waals surface area contributed by atoms with Gasteiger partial charge in [-0.2, -0.15) is 0 Å². The van der Waals surface area contributed by atoms with Gasteiger partial charge in [-0.3, -0.25) is 0 Å². The fraction of sp³-hybridized carbons (Fsp3) is 0.294. The number of rotatable bonds is 5. The molecule has 0 aliphatic carbocycles. The maximum Gasteiger partial charge on any atom is 0.0659 e. The van der Waals surface area contributed by atoms with E-state index in [0.29, 0.717) is 6.04 Å². The molecular formula is C17H20Cl2N2. The third-order valence-electron chi connectivity index (χ3n) is 3.30. The van der Waals surface area contributed by atoms with Crippen molar-refractivity contribution in [1.29, 1.82) is 0 Å². The normalized spacial score (nSPS) is 12.0. The number of hydrogen-bond acceptors (Lipinski definition) is 2. The van der Waals surface area contributed by atoms with Crippen LogP contribution in [0.15, 0.2) is 42.5 Å². The second-order valence-corrected chi connectivity index (χ2v) is 6.28. The van der Waals surface area contributed by atoms with E-state index in [2.05, 4.69) is 30.4 Å². The topological polar surface area (TPSA) is 15.3 Å². The fourth-order valence-electron chi connectivity index (χ4n) is 2.27. The predicted molar refractivity (Wildman–Crippen MR) is 94.0 cm³/mol. The first-order valence-corrected chi connectivity index (χ1v) is 7.69. The summed E-state index contributed by atoms with van der Waals surface area (Å²) in [7, 11) is 3.97. The number of nitrogens with one attached hydrogen (secondary N) is 1. The Morgan fingerprint density at radius 2 is 1.71 bits per heavy atom. The molecule has 0 amide bonds. The van der Waals surface area contributed by atoms with Gasteiger partial charge in [-0.25, -0.2) is 0 Å². The summed E-state index contributed by atoms with van der Waals surface area (Å²) in [4.78, 5) is 2.00. The Bertz CT molecular complexity index is 594. The molecule has 0 aliphatic rings. The van der Waals surface area contributed by atoms with Crippen molar-refractivity contribution in [3.05, 3.63) is 58.1 Å². The Kier molecular flexibility index (Phi) is 5.38. The summed E-state index contributed by atoms with van der Waals surface area (Å²) in [5.74, 6) is 0. The zero-order valence-corrected chi connectivity index (χ0v) is 14.0. The molecule has 0 aliphatic heterocycles. The Morgan fingerprint density at radius 1 is 1.05 bits per heavy atom. The van der Waals surface area contributed by atoms with Crippen LogP contribution in [-0.2, 0) is 6.42 Å². The molecule has 2 aromatic carbocycles. The van der Waals surface area contributed by atoms with Crippen molar-refractivity contribution in [2.24, 2.45) is 0 Å². The molecule has 21 heavy (non-hydrogen) atoms. The van der Waals surface area contributed by atoms with E-state index in [1.807, 2.05) is 43.3 Å². The molecule has 2 rings (SSSR count). The molecule has 1 unspecified atom stereocenters. The molecule has 0 saturated heterocycles. The van der Waals surface area contributed by atoms with Crippen LogP contribution in [0.25, 0.3) is 0 Å². The quantitative estimate of drug-likeness (QED) is 0.823. The van der Waals surface area contributed by atoms with Gasteiger partial charge in [0.05, 0.1) is 10.7 Å². The highest BCUT2D eigenvalue weighted by Gasteiger charge is 2.07. The van der Waals surface area contributed by atoms with Crippen molar-refractivity contribution in [2.45, 2.75) is 19.4 Å². The van der Waals surface area contributed by atoms with Gasteiger partial charge in [0.1, 0.15) is 0 Å². The molecule has 0 heterocycles. The smallest absolute Gasteiger partial charge is 0.0659 e. The lowest BCUT2D eigenvalue weighted by atomic mass is 10.1. The standard InChI is InChI=1S/C17H20Cl2N2/c1-12(10-13-4-6-14(18)7-5-13)20-15-8-9-17(21(2)3)16(19)11-15/h4-9,11-12,20H,10H2,1-3H3. The minimum absolute atomic E-state index is 0.312. The van der Waals surface area contributed by atoms with E-state index in [4.69, 9.17) is 23.2 Å². The predicted octanol–water partition coefficient (Wildman–Crippen LogP) is 5.10. The van der Waals surface area contributed by atoms with Crippen LogP contribution in [-0.4, -0.2) is 20.1 Å². The average Bonchev–Trinajstić information content (AvgIpc) is 2.41. The Balaban J connectivity index is 2.00. The van der Waals surface area contributed by atoms with Gasteiger partial charge in [0.25, 0.3) is 0 Å². The SMILES string of the molecule is CC(Cc1ccc(Cl)cc1)Nc1ccc(N(C)C)c(Cl)c1. The molecular weight excluding hydrogens is 303 g/mol. The maximum atomic E-state index is 6.29. The summed E-state index contributed by atoms with van der Waals surface area (Å²) in [6, 6.07) is 14.3. The van der Waals surface area contributed by atoms with Gasteiger partial charge in [0, 0.05) is 30.8 Å². The molecule has 1 N–H and O–H groups in total. The van der Waals surface area contributed by atoms with Crippen LogP contribution in [0.5, 0.6) is 0 Å². The van der Waals surface area contributed by atoms with Crippen molar-refractivity contribution in [3.8, 4) is 0 Å². The lowest BCUT2D eigenvalue weighted by Gasteiger charge is -2.18. The summed E-state index contributed by atoms with van der Waals surface area (Å²) in [5.41, 5.74) is 3.31. The van der Waals surface area contributed by atoms with E-state index in [1.54, 1.807) is 0 Å². The number of halogens is 2. The number of benzene rings is 2. The molecule has 1 atom stereocenters. The lowest BCUT2D eigenvalue weighted by molar-refractivity contribution is 0.790. The van der Waals surface area contributed by atoms with Gasteiger partial charge in [-0.1, -0.05) is 35.3 Å². The van der Waals surface area contributed by atoms with Gasteiger partial charge in [-0.15, -0.1) is 0 Å². The highest BCUT2D eigenvalue weighted by atomic mass is 35.5. The Morgan fingerprint density at radius 3 is 2.29 bits per heavy atom. The molecule has 0 saturated carbocycles. The summed E-state index contributed by atoms with van der Waals surface area (Å²) in [6.07, 6.45) is 0.935. The van der Waals surface area contributed by atoms with Crippen molar-refractivity contribution < 1.29 is 0 Å². The first-order chi connectivity index (χ1) is 9.95. The third-order valence-corrected chi connectivity index (χ3v) is 3.85. The van der Waals surface area contributed by atoms with Gasteiger partial charge in [0.2, 0.25) is 0 Å². The van der Waals surface area contributed by atoms with Gasteiger partial charge < -0.3 is 10.2 Å². The Labute approximate surface area is 136 Å². The van der Waals surface area contributed by atoms with Crippen LogP contribution >= 0.6 is 23.2 Å². The molecule has 2 nitrogen and oxygen atoms in total.